The van der Waals surface area contributed by atoms with Crippen molar-refractivity contribution in [1.82, 2.24) is 14.9 Å². The van der Waals surface area contributed by atoms with Gasteiger partial charge in [-0.3, -0.25) is 4.79 Å². The molecule has 2 amide bonds. The van der Waals surface area contributed by atoms with E-state index in [2.05, 4.69) is 9.97 Å². The number of anilines is 1. The molecule has 0 N–H and O–H groups in total. The molecule has 2 aromatic rings. The Bertz CT molecular complexity index is 935. The second-order valence-electron chi connectivity index (χ2n) is 8.85. The van der Waals surface area contributed by atoms with Crippen molar-refractivity contribution in [3.8, 4) is 0 Å². The van der Waals surface area contributed by atoms with Crippen LogP contribution in [0.2, 0.25) is 5.02 Å². The van der Waals surface area contributed by atoms with Crippen LogP contribution in [-0.2, 0) is 9.53 Å². The average Bonchev–Trinajstić information content (AvgIpc) is 2.72. The highest BCUT2D eigenvalue weighted by Gasteiger charge is 2.62. The maximum Gasteiger partial charge on any atom is 0.410 e. The van der Waals surface area contributed by atoms with Gasteiger partial charge in [-0.25, -0.2) is 14.8 Å². The minimum absolute atomic E-state index is 0.0427. The van der Waals surface area contributed by atoms with Gasteiger partial charge in [0.05, 0.1) is 29.5 Å². The molecule has 158 valence electrons. The van der Waals surface area contributed by atoms with Crippen LogP contribution in [0.3, 0.4) is 0 Å². The SMILES string of the molecule is CC(C)(C)OC(=O)N1CCC2(CC1)C(=O)N(c1cncnc1)C2c1ccc(Cl)cc1. The van der Waals surface area contributed by atoms with Gasteiger partial charge in [0.1, 0.15) is 11.9 Å². The number of hydrogen-bond acceptors (Lipinski definition) is 5. The number of ether oxygens (including phenoxy) is 1. The van der Waals surface area contributed by atoms with Crippen LogP contribution in [0.1, 0.15) is 45.2 Å². The minimum Gasteiger partial charge on any atom is -0.444 e. The summed E-state index contributed by atoms with van der Waals surface area (Å²) in [7, 11) is 0. The van der Waals surface area contributed by atoms with Crippen molar-refractivity contribution < 1.29 is 14.3 Å². The highest BCUT2D eigenvalue weighted by molar-refractivity contribution is 6.30. The van der Waals surface area contributed by atoms with Crippen LogP contribution in [0, 0.1) is 5.41 Å². The lowest BCUT2D eigenvalue weighted by Crippen LogP contribution is -2.67. The highest BCUT2D eigenvalue weighted by atomic mass is 35.5. The summed E-state index contributed by atoms with van der Waals surface area (Å²) in [6, 6.07) is 7.43. The highest BCUT2D eigenvalue weighted by Crippen LogP contribution is 2.57. The molecule has 1 spiro atoms. The van der Waals surface area contributed by atoms with Crippen LogP contribution in [-0.4, -0.2) is 45.6 Å². The number of β-lactam (4-membered cyclic amide) rings is 1. The number of piperidine rings is 1. The van der Waals surface area contributed by atoms with Gasteiger partial charge in [-0.2, -0.15) is 0 Å². The van der Waals surface area contributed by atoms with Crippen molar-refractivity contribution >= 4 is 29.3 Å². The Balaban J connectivity index is 1.60. The molecule has 2 saturated heterocycles. The van der Waals surface area contributed by atoms with Gasteiger partial charge in [0, 0.05) is 18.1 Å². The van der Waals surface area contributed by atoms with Crippen molar-refractivity contribution in [3.63, 3.8) is 0 Å². The molecule has 8 heteroatoms. The summed E-state index contributed by atoms with van der Waals surface area (Å²) in [5, 5.41) is 0.646. The minimum atomic E-state index is -0.567. The van der Waals surface area contributed by atoms with Gasteiger partial charge in [0.15, 0.2) is 0 Å². The first-order valence-corrected chi connectivity index (χ1v) is 10.4. The molecule has 2 aliphatic heterocycles. The number of halogens is 1. The van der Waals surface area contributed by atoms with E-state index in [4.69, 9.17) is 16.3 Å². The van der Waals surface area contributed by atoms with E-state index in [-0.39, 0.29) is 18.0 Å². The number of hydrogen-bond donors (Lipinski definition) is 0. The number of likely N-dealkylation sites (tertiary alicyclic amines) is 1. The Morgan fingerprint density at radius 2 is 1.73 bits per heavy atom. The van der Waals surface area contributed by atoms with Crippen LogP contribution in [0.5, 0.6) is 0 Å². The molecular weight excluding hydrogens is 404 g/mol. The second kappa shape index (κ2) is 7.54. The van der Waals surface area contributed by atoms with Crippen molar-refractivity contribution in [2.24, 2.45) is 5.41 Å². The molecular formula is C22H25ClN4O3. The summed E-state index contributed by atoms with van der Waals surface area (Å²) in [5.74, 6) is 0.0427. The molecule has 3 heterocycles. The third kappa shape index (κ3) is 3.62. The molecule has 30 heavy (non-hydrogen) atoms. The first-order valence-electron chi connectivity index (χ1n) is 10.0. The monoisotopic (exact) mass is 428 g/mol. The predicted molar refractivity (Wildman–Crippen MR) is 113 cm³/mol. The fourth-order valence-electron chi connectivity index (χ4n) is 4.35. The van der Waals surface area contributed by atoms with Gasteiger partial charge in [-0.05, 0) is 51.3 Å². The zero-order valence-electron chi connectivity index (χ0n) is 17.3. The summed E-state index contributed by atoms with van der Waals surface area (Å²) >= 11 is 6.08. The standard InChI is InChI=1S/C22H25ClN4O3/c1-21(2,3)30-20(29)26-10-8-22(9-11-26)18(15-4-6-16(23)7-5-15)27(19(22)28)17-12-24-14-25-13-17/h4-7,12-14,18H,8-11H2,1-3H3. The van der Waals surface area contributed by atoms with Crippen LogP contribution >= 0.6 is 11.6 Å². The van der Waals surface area contributed by atoms with Gasteiger partial charge in [0.25, 0.3) is 0 Å². The van der Waals surface area contributed by atoms with E-state index in [1.54, 1.807) is 22.2 Å². The molecule has 1 atom stereocenters. The van der Waals surface area contributed by atoms with Crippen molar-refractivity contribution in [3.05, 3.63) is 53.6 Å². The number of carbonyl (C=O) groups is 2. The van der Waals surface area contributed by atoms with E-state index in [0.29, 0.717) is 36.6 Å². The Labute approximate surface area is 181 Å². The Morgan fingerprint density at radius 1 is 1.13 bits per heavy atom. The third-order valence-electron chi connectivity index (χ3n) is 5.74. The first-order chi connectivity index (χ1) is 14.2. The zero-order chi connectivity index (χ0) is 21.5. The molecule has 4 rings (SSSR count). The van der Waals surface area contributed by atoms with E-state index < -0.39 is 11.0 Å². The van der Waals surface area contributed by atoms with E-state index in [0.717, 1.165) is 5.56 Å². The fourth-order valence-corrected chi connectivity index (χ4v) is 4.48. The maximum absolute atomic E-state index is 13.4. The molecule has 2 fully saturated rings. The number of rotatable bonds is 2. The summed E-state index contributed by atoms with van der Waals surface area (Å²) in [6.45, 7) is 6.50. The molecule has 7 nitrogen and oxygen atoms in total. The largest absolute Gasteiger partial charge is 0.444 e. The lowest BCUT2D eigenvalue weighted by Gasteiger charge is -2.58. The quantitative estimate of drug-likeness (QED) is 0.669. The molecule has 0 radical (unpaired) electrons. The molecule has 2 aliphatic rings. The van der Waals surface area contributed by atoms with Crippen LogP contribution in [0.4, 0.5) is 10.5 Å². The third-order valence-corrected chi connectivity index (χ3v) is 6.00. The number of amides is 2. The number of aromatic nitrogens is 2. The van der Waals surface area contributed by atoms with Gasteiger partial charge in [0.2, 0.25) is 5.91 Å². The smallest absolute Gasteiger partial charge is 0.410 e. The fraction of sp³-hybridized carbons (Fsp3) is 0.455. The van der Waals surface area contributed by atoms with Crippen LogP contribution < -0.4 is 4.90 Å². The lowest BCUT2D eigenvalue weighted by molar-refractivity contribution is -0.144. The number of nitrogens with zero attached hydrogens (tertiary/aromatic N) is 4. The summed E-state index contributed by atoms with van der Waals surface area (Å²) < 4.78 is 5.50. The Morgan fingerprint density at radius 3 is 2.30 bits per heavy atom. The van der Waals surface area contributed by atoms with Gasteiger partial charge >= 0.3 is 6.09 Å². The van der Waals surface area contributed by atoms with Gasteiger partial charge in [-0.15, -0.1) is 0 Å². The predicted octanol–water partition coefficient (Wildman–Crippen LogP) is 4.24. The van der Waals surface area contributed by atoms with Crippen molar-refractivity contribution in [1.29, 1.82) is 0 Å². The molecule has 0 saturated carbocycles. The molecule has 0 aliphatic carbocycles. The summed E-state index contributed by atoms with van der Waals surface area (Å²) in [4.78, 5) is 37.5. The number of benzene rings is 1. The summed E-state index contributed by atoms with van der Waals surface area (Å²) in [5.41, 5.74) is 0.563. The number of carbonyl (C=O) groups excluding carboxylic acids is 2. The molecule has 1 unspecified atom stereocenters. The lowest BCUT2D eigenvalue weighted by atomic mass is 9.62. The Hall–Kier alpha value is -2.67. The topological polar surface area (TPSA) is 75.6 Å². The van der Waals surface area contributed by atoms with Crippen molar-refractivity contribution in [2.75, 3.05) is 18.0 Å². The van der Waals surface area contributed by atoms with E-state index in [1.807, 2.05) is 45.0 Å². The van der Waals surface area contributed by atoms with Crippen LogP contribution in [0.25, 0.3) is 0 Å². The van der Waals surface area contributed by atoms with E-state index in [1.165, 1.54) is 6.33 Å². The van der Waals surface area contributed by atoms with E-state index >= 15 is 0 Å². The molecule has 0 bridgehead atoms. The van der Waals surface area contributed by atoms with E-state index in [9.17, 15) is 9.59 Å². The summed E-state index contributed by atoms with van der Waals surface area (Å²) in [6.07, 6.45) is 5.55. The van der Waals surface area contributed by atoms with Gasteiger partial charge in [-0.1, -0.05) is 23.7 Å². The van der Waals surface area contributed by atoms with Crippen LogP contribution in [0.15, 0.2) is 43.0 Å². The normalized spacial score (nSPS) is 20.8. The first kappa shape index (κ1) is 20.6. The second-order valence-corrected chi connectivity index (χ2v) is 9.29. The maximum atomic E-state index is 13.4. The average molecular weight is 429 g/mol. The molecule has 1 aromatic heterocycles. The van der Waals surface area contributed by atoms with Crippen molar-refractivity contribution in [2.45, 2.75) is 45.3 Å². The van der Waals surface area contributed by atoms with Gasteiger partial charge < -0.3 is 14.5 Å². The zero-order valence-corrected chi connectivity index (χ0v) is 18.1. The molecule has 1 aromatic carbocycles. The Kier molecular flexibility index (Phi) is 5.18.